The number of rotatable bonds is 4. The number of methoxy groups -OCH3 is 1. The van der Waals surface area contributed by atoms with Crippen LogP contribution in [0.1, 0.15) is 56.0 Å². The minimum atomic E-state index is -0.551. The van der Waals surface area contributed by atoms with Gasteiger partial charge in [-0.1, -0.05) is 18.6 Å². The molecule has 1 aromatic rings. The first-order valence-corrected chi connectivity index (χ1v) is 8.75. The van der Waals surface area contributed by atoms with Crippen LogP contribution < -0.4 is 5.32 Å². The van der Waals surface area contributed by atoms with E-state index in [0.29, 0.717) is 11.1 Å². The van der Waals surface area contributed by atoms with Gasteiger partial charge in [-0.3, -0.25) is 0 Å². The number of hydrogen-bond acceptors (Lipinski definition) is 4. The Labute approximate surface area is 153 Å². The largest absolute Gasteiger partial charge is 0.465 e. The summed E-state index contributed by atoms with van der Waals surface area (Å²) in [4.78, 5) is 23.8. The molecule has 0 spiro atoms. The van der Waals surface area contributed by atoms with Gasteiger partial charge in [-0.25, -0.2) is 14.0 Å². The molecule has 1 N–H and O–H groups in total. The van der Waals surface area contributed by atoms with E-state index in [1.165, 1.54) is 25.3 Å². The predicted molar refractivity (Wildman–Crippen MR) is 97.3 cm³/mol. The molecular weight excluding hydrogens is 337 g/mol. The van der Waals surface area contributed by atoms with Crippen molar-refractivity contribution in [3.63, 3.8) is 0 Å². The van der Waals surface area contributed by atoms with E-state index in [4.69, 9.17) is 9.47 Å². The van der Waals surface area contributed by atoms with E-state index in [1.807, 2.05) is 26.8 Å². The van der Waals surface area contributed by atoms with Crippen molar-refractivity contribution in [2.75, 3.05) is 7.11 Å². The number of nitrogens with one attached hydrogen (secondary N) is 1. The van der Waals surface area contributed by atoms with Gasteiger partial charge in [-0.2, -0.15) is 0 Å². The highest BCUT2D eigenvalue weighted by Gasteiger charge is 2.28. The lowest BCUT2D eigenvalue weighted by atomic mass is 10.00. The SMILES string of the molecule is COC(=O)c1ccc(F)cc1/C=C/[C@@H]1CCC[C@@H]1NC(=O)OC(C)(C)C. The maximum Gasteiger partial charge on any atom is 0.407 e. The van der Waals surface area contributed by atoms with Gasteiger partial charge >= 0.3 is 12.1 Å². The Morgan fingerprint density at radius 1 is 1.27 bits per heavy atom. The number of esters is 1. The van der Waals surface area contributed by atoms with Gasteiger partial charge in [-0.05, 0) is 63.3 Å². The third-order valence-corrected chi connectivity index (χ3v) is 4.21. The Balaban J connectivity index is 2.11. The molecular formula is C20H26FNO4. The van der Waals surface area contributed by atoms with Crippen LogP contribution in [-0.2, 0) is 9.47 Å². The zero-order valence-corrected chi connectivity index (χ0v) is 15.7. The van der Waals surface area contributed by atoms with Crippen molar-refractivity contribution in [3.8, 4) is 0 Å². The summed E-state index contributed by atoms with van der Waals surface area (Å²) in [6, 6.07) is 3.89. The molecule has 0 heterocycles. The lowest BCUT2D eigenvalue weighted by molar-refractivity contribution is 0.0497. The number of benzene rings is 1. The third-order valence-electron chi connectivity index (χ3n) is 4.21. The van der Waals surface area contributed by atoms with Crippen LogP contribution in [0.2, 0.25) is 0 Å². The zero-order chi connectivity index (χ0) is 19.3. The van der Waals surface area contributed by atoms with Gasteiger partial charge in [0.25, 0.3) is 0 Å². The summed E-state index contributed by atoms with van der Waals surface area (Å²) < 4.78 is 23.6. The predicted octanol–water partition coefficient (Wildman–Crippen LogP) is 4.32. The monoisotopic (exact) mass is 363 g/mol. The van der Waals surface area contributed by atoms with Crippen LogP contribution in [0, 0.1) is 11.7 Å². The molecule has 1 amide bonds. The van der Waals surface area contributed by atoms with Crippen molar-refractivity contribution in [2.24, 2.45) is 5.92 Å². The van der Waals surface area contributed by atoms with Crippen molar-refractivity contribution in [1.82, 2.24) is 5.32 Å². The van der Waals surface area contributed by atoms with Gasteiger partial charge in [0.2, 0.25) is 0 Å². The maximum absolute atomic E-state index is 13.6. The molecule has 0 aromatic heterocycles. The first-order chi connectivity index (χ1) is 12.2. The average Bonchev–Trinajstić information content (AvgIpc) is 2.97. The van der Waals surface area contributed by atoms with Crippen LogP contribution in [0.4, 0.5) is 9.18 Å². The van der Waals surface area contributed by atoms with Crippen molar-refractivity contribution in [2.45, 2.75) is 51.7 Å². The maximum atomic E-state index is 13.6. The molecule has 0 unspecified atom stereocenters. The minimum Gasteiger partial charge on any atom is -0.465 e. The first kappa shape index (κ1) is 19.9. The van der Waals surface area contributed by atoms with E-state index in [9.17, 15) is 14.0 Å². The molecule has 0 saturated heterocycles. The van der Waals surface area contributed by atoms with Gasteiger partial charge in [-0.15, -0.1) is 0 Å². The van der Waals surface area contributed by atoms with E-state index in [-0.39, 0.29) is 12.0 Å². The molecule has 26 heavy (non-hydrogen) atoms. The van der Waals surface area contributed by atoms with E-state index in [0.717, 1.165) is 19.3 Å². The molecule has 1 aliphatic rings. The summed E-state index contributed by atoms with van der Waals surface area (Å²) in [5.41, 5.74) is 0.213. The zero-order valence-electron chi connectivity index (χ0n) is 15.7. The van der Waals surface area contributed by atoms with Gasteiger partial charge in [0.15, 0.2) is 0 Å². The first-order valence-electron chi connectivity index (χ1n) is 8.75. The Morgan fingerprint density at radius 3 is 2.65 bits per heavy atom. The highest BCUT2D eigenvalue weighted by Crippen LogP contribution is 2.28. The summed E-state index contributed by atoms with van der Waals surface area (Å²) in [5, 5.41) is 2.90. The summed E-state index contributed by atoms with van der Waals surface area (Å²) in [7, 11) is 1.29. The third kappa shape index (κ3) is 5.58. The smallest absolute Gasteiger partial charge is 0.407 e. The summed E-state index contributed by atoms with van der Waals surface area (Å²) >= 11 is 0. The van der Waals surface area contributed by atoms with Crippen LogP contribution in [0.15, 0.2) is 24.3 Å². The average molecular weight is 363 g/mol. The molecule has 0 bridgehead atoms. The Bertz CT molecular complexity index is 694. The fraction of sp³-hybridized carbons (Fsp3) is 0.500. The quantitative estimate of drug-likeness (QED) is 0.809. The number of carbonyl (C=O) groups excluding carboxylic acids is 2. The van der Waals surface area contributed by atoms with Gasteiger partial charge in [0, 0.05) is 6.04 Å². The summed E-state index contributed by atoms with van der Waals surface area (Å²) in [6.07, 6.45) is 5.92. The van der Waals surface area contributed by atoms with Crippen LogP contribution in [0.3, 0.4) is 0 Å². The van der Waals surface area contributed by atoms with E-state index < -0.39 is 23.5 Å². The lowest BCUT2D eigenvalue weighted by Crippen LogP contribution is -2.40. The standard InChI is InChI=1S/C20H26FNO4/c1-20(2,3)26-19(24)22-17-7-5-6-13(17)8-9-14-12-15(21)10-11-16(14)18(23)25-4/h8-13,17H,5-7H2,1-4H3,(H,22,24)/b9-8+/t13-,17-/m0/s1. The van der Waals surface area contributed by atoms with Crippen LogP contribution in [-0.4, -0.2) is 30.8 Å². The van der Waals surface area contributed by atoms with E-state index in [1.54, 1.807) is 6.08 Å². The van der Waals surface area contributed by atoms with Crippen molar-refractivity contribution in [1.29, 1.82) is 0 Å². The second-order valence-corrected chi connectivity index (χ2v) is 7.43. The molecule has 2 atom stereocenters. The second-order valence-electron chi connectivity index (χ2n) is 7.43. The van der Waals surface area contributed by atoms with Gasteiger partial charge in [0.05, 0.1) is 12.7 Å². The van der Waals surface area contributed by atoms with Crippen molar-refractivity contribution >= 4 is 18.1 Å². The lowest BCUT2D eigenvalue weighted by Gasteiger charge is -2.23. The number of hydrogen-bond donors (Lipinski definition) is 1. The fourth-order valence-electron chi connectivity index (χ4n) is 3.05. The van der Waals surface area contributed by atoms with E-state index in [2.05, 4.69) is 5.32 Å². The number of ether oxygens (including phenoxy) is 2. The molecule has 1 saturated carbocycles. The highest BCUT2D eigenvalue weighted by atomic mass is 19.1. The molecule has 1 aromatic carbocycles. The molecule has 0 aliphatic heterocycles. The van der Waals surface area contributed by atoms with Crippen LogP contribution >= 0.6 is 0 Å². The molecule has 142 valence electrons. The van der Waals surface area contributed by atoms with Crippen molar-refractivity contribution in [3.05, 3.63) is 41.2 Å². The molecule has 6 heteroatoms. The van der Waals surface area contributed by atoms with Gasteiger partial charge in [0.1, 0.15) is 11.4 Å². The van der Waals surface area contributed by atoms with E-state index >= 15 is 0 Å². The van der Waals surface area contributed by atoms with Crippen LogP contribution in [0.25, 0.3) is 6.08 Å². The summed E-state index contributed by atoms with van der Waals surface area (Å²) in [5.74, 6) is -0.845. The molecule has 2 rings (SSSR count). The minimum absolute atomic E-state index is 0.0452. The fourth-order valence-corrected chi connectivity index (χ4v) is 3.05. The number of carbonyl (C=O) groups is 2. The topological polar surface area (TPSA) is 64.6 Å². The highest BCUT2D eigenvalue weighted by molar-refractivity contribution is 5.93. The second kappa shape index (κ2) is 8.34. The Hall–Kier alpha value is -2.37. The van der Waals surface area contributed by atoms with Gasteiger partial charge < -0.3 is 14.8 Å². The molecule has 1 fully saturated rings. The molecule has 0 radical (unpaired) electrons. The number of halogens is 1. The number of amides is 1. The molecule has 5 nitrogen and oxygen atoms in total. The van der Waals surface area contributed by atoms with Crippen molar-refractivity contribution < 1.29 is 23.5 Å². The Kier molecular flexibility index (Phi) is 6.40. The summed E-state index contributed by atoms with van der Waals surface area (Å²) in [6.45, 7) is 5.45. The normalized spacial score (nSPS) is 20.2. The molecule has 1 aliphatic carbocycles. The Morgan fingerprint density at radius 2 is 2.00 bits per heavy atom. The number of alkyl carbamates (subject to hydrolysis) is 1. The van der Waals surface area contributed by atoms with Crippen LogP contribution in [0.5, 0.6) is 0 Å².